The third-order valence-electron chi connectivity index (χ3n) is 4.50. The number of nitrogens with zero attached hydrogens (tertiary/aromatic N) is 2. The first-order chi connectivity index (χ1) is 15.5. The molecule has 2 amide bonds. The zero-order chi connectivity index (χ0) is 22.9. The van der Waals surface area contributed by atoms with Crippen molar-refractivity contribution in [1.82, 2.24) is 15.3 Å². The lowest BCUT2D eigenvalue weighted by Gasteiger charge is -2.12. The van der Waals surface area contributed by atoms with Gasteiger partial charge >= 0.3 is 6.03 Å². The minimum Gasteiger partial charge on any atom is -0.497 e. The van der Waals surface area contributed by atoms with Crippen molar-refractivity contribution < 1.29 is 14.3 Å². The largest absolute Gasteiger partial charge is 0.497 e. The van der Waals surface area contributed by atoms with Crippen molar-refractivity contribution in [3.8, 4) is 22.8 Å². The molecular weight excluding hydrogens is 410 g/mol. The van der Waals surface area contributed by atoms with E-state index in [-0.39, 0.29) is 6.03 Å². The SMILES string of the molecule is COc1cc(NC(=O)NCCCN)cc(Nc2nccc(-c3ccc(OC)c(N)c3)n2)c1. The Morgan fingerprint density at radius 3 is 2.59 bits per heavy atom. The molecule has 0 bridgehead atoms. The second kappa shape index (κ2) is 10.8. The summed E-state index contributed by atoms with van der Waals surface area (Å²) < 4.78 is 10.6. The van der Waals surface area contributed by atoms with Crippen molar-refractivity contribution in [2.45, 2.75) is 6.42 Å². The molecule has 0 saturated carbocycles. The lowest BCUT2D eigenvalue weighted by molar-refractivity contribution is 0.252. The van der Waals surface area contributed by atoms with E-state index < -0.39 is 0 Å². The number of amides is 2. The van der Waals surface area contributed by atoms with Gasteiger partial charge in [-0.1, -0.05) is 0 Å². The Kier molecular flexibility index (Phi) is 7.65. The maximum atomic E-state index is 12.1. The fourth-order valence-corrected chi connectivity index (χ4v) is 2.94. The van der Waals surface area contributed by atoms with Crippen LogP contribution in [-0.2, 0) is 0 Å². The van der Waals surface area contributed by atoms with Crippen molar-refractivity contribution in [2.24, 2.45) is 5.73 Å². The fourth-order valence-electron chi connectivity index (χ4n) is 2.94. The zero-order valence-electron chi connectivity index (χ0n) is 18.0. The number of carbonyl (C=O) groups excluding carboxylic acids is 1. The molecule has 0 fully saturated rings. The summed E-state index contributed by atoms with van der Waals surface area (Å²) in [7, 11) is 3.12. The monoisotopic (exact) mass is 437 g/mol. The molecule has 0 unspecified atom stereocenters. The molecular formula is C22H27N7O3. The average molecular weight is 438 g/mol. The highest BCUT2D eigenvalue weighted by Crippen LogP contribution is 2.29. The number of benzene rings is 2. The number of hydrogen-bond donors (Lipinski definition) is 5. The molecule has 7 N–H and O–H groups in total. The number of nitrogens with one attached hydrogen (secondary N) is 3. The Hall–Kier alpha value is -4.05. The first-order valence-corrected chi connectivity index (χ1v) is 10.0. The highest BCUT2D eigenvalue weighted by molar-refractivity contribution is 5.90. The number of ether oxygens (including phenoxy) is 2. The van der Waals surface area contributed by atoms with Crippen LogP contribution in [0, 0.1) is 0 Å². The second-order valence-electron chi connectivity index (χ2n) is 6.82. The molecule has 32 heavy (non-hydrogen) atoms. The Morgan fingerprint density at radius 2 is 1.88 bits per heavy atom. The number of nitrogen functional groups attached to an aromatic ring is 1. The average Bonchev–Trinajstić information content (AvgIpc) is 2.79. The summed E-state index contributed by atoms with van der Waals surface area (Å²) in [6.45, 7) is 1.00. The minimum atomic E-state index is -0.326. The molecule has 0 saturated heterocycles. The van der Waals surface area contributed by atoms with Crippen LogP contribution < -0.4 is 36.9 Å². The standard InChI is InChI=1S/C22H27N7O3/c1-31-17-12-15(11-16(13-17)28-22(30)26-8-3-7-23)27-21-25-9-6-19(29-21)14-4-5-20(32-2)18(24)10-14/h4-6,9-13H,3,7-8,23-24H2,1-2H3,(H,25,27,29)(H2,26,28,30). The maximum Gasteiger partial charge on any atom is 0.319 e. The summed E-state index contributed by atoms with van der Waals surface area (Å²) in [4.78, 5) is 20.9. The van der Waals surface area contributed by atoms with Gasteiger partial charge in [-0.25, -0.2) is 14.8 Å². The van der Waals surface area contributed by atoms with Crippen LogP contribution in [0.25, 0.3) is 11.3 Å². The molecule has 1 aromatic heterocycles. The molecule has 168 valence electrons. The summed E-state index contributed by atoms with van der Waals surface area (Å²) in [5.41, 5.74) is 14.7. The Bertz CT molecular complexity index is 1080. The van der Waals surface area contributed by atoms with E-state index >= 15 is 0 Å². The highest BCUT2D eigenvalue weighted by atomic mass is 16.5. The quantitative estimate of drug-likeness (QED) is 0.253. The van der Waals surface area contributed by atoms with Gasteiger partial charge in [0.2, 0.25) is 5.95 Å². The second-order valence-corrected chi connectivity index (χ2v) is 6.82. The number of urea groups is 1. The van der Waals surface area contributed by atoms with E-state index in [0.29, 0.717) is 59.7 Å². The zero-order valence-corrected chi connectivity index (χ0v) is 18.0. The van der Waals surface area contributed by atoms with Crippen LogP contribution in [0.2, 0.25) is 0 Å². The first-order valence-electron chi connectivity index (χ1n) is 10.0. The van der Waals surface area contributed by atoms with Crippen LogP contribution in [0.4, 0.5) is 27.8 Å². The van der Waals surface area contributed by atoms with E-state index in [1.54, 1.807) is 56.8 Å². The van der Waals surface area contributed by atoms with E-state index in [2.05, 4.69) is 25.9 Å². The predicted molar refractivity (Wildman–Crippen MR) is 125 cm³/mol. The molecule has 0 spiro atoms. The van der Waals surface area contributed by atoms with E-state index in [4.69, 9.17) is 20.9 Å². The van der Waals surface area contributed by atoms with Crippen LogP contribution in [0.15, 0.2) is 48.7 Å². The van der Waals surface area contributed by atoms with Crippen LogP contribution >= 0.6 is 0 Å². The van der Waals surface area contributed by atoms with E-state index in [1.807, 2.05) is 6.07 Å². The van der Waals surface area contributed by atoms with Crippen LogP contribution in [0.3, 0.4) is 0 Å². The summed E-state index contributed by atoms with van der Waals surface area (Å²) >= 11 is 0. The Labute approximate surface area is 186 Å². The lowest BCUT2D eigenvalue weighted by Crippen LogP contribution is -2.30. The normalized spacial score (nSPS) is 10.3. The molecule has 3 aromatic rings. The maximum absolute atomic E-state index is 12.1. The van der Waals surface area contributed by atoms with Gasteiger partial charge in [-0.05, 0) is 43.3 Å². The molecule has 1 heterocycles. The van der Waals surface area contributed by atoms with Gasteiger partial charge in [-0.3, -0.25) is 0 Å². The molecule has 0 aliphatic carbocycles. The predicted octanol–water partition coefficient (Wildman–Crippen LogP) is 2.96. The summed E-state index contributed by atoms with van der Waals surface area (Å²) in [5, 5.41) is 8.67. The number of nitrogens with two attached hydrogens (primary N) is 2. The molecule has 0 radical (unpaired) electrons. The van der Waals surface area contributed by atoms with Gasteiger partial charge in [0, 0.05) is 41.8 Å². The Balaban J connectivity index is 1.78. The van der Waals surface area contributed by atoms with Gasteiger partial charge < -0.3 is 36.9 Å². The van der Waals surface area contributed by atoms with Crippen molar-refractivity contribution >= 4 is 29.0 Å². The van der Waals surface area contributed by atoms with E-state index in [0.717, 1.165) is 5.56 Å². The van der Waals surface area contributed by atoms with Gasteiger partial charge in [0.25, 0.3) is 0 Å². The highest BCUT2D eigenvalue weighted by Gasteiger charge is 2.09. The van der Waals surface area contributed by atoms with Crippen LogP contribution in [0.1, 0.15) is 6.42 Å². The van der Waals surface area contributed by atoms with Crippen molar-refractivity contribution in [1.29, 1.82) is 0 Å². The van der Waals surface area contributed by atoms with Gasteiger partial charge in [0.15, 0.2) is 0 Å². The number of anilines is 4. The summed E-state index contributed by atoms with van der Waals surface area (Å²) in [5.74, 6) is 1.54. The number of methoxy groups -OCH3 is 2. The van der Waals surface area contributed by atoms with E-state index in [1.165, 1.54) is 0 Å². The summed E-state index contributed by atoms with van der Waals surface area (Å²) in [6, 6.07) is 12.2. The van der Waals surface area contributed by atoms with Crippen molar-refractivity contribution in [3.63, 3.8) is 0 Å². The molecule has 10 nitrogen and oxygen atoms in total. The lowest BCUT2D eigenvalue weighted by atomic mass is 10.1. The number of hydrogen-bond acceptors (Lipinski definition) is 8. The molecule has 10 heteroatoms. The first kappa shape index (κ1) is 22.6. The topological polar surface area (TPSA) is 149 Å². The van der Waals surface area contributed by atoms with Gasteiger partial charge in [0.05, 0.1) is 25.6 Å². The minimum absolute atomic E-state index is 0.326. The molecule has 0 aliphatic rings. The molecule has 0 aliphatic heterocycles. The van der Waals surface area contributed by atoms with Gasteiger partial charge in [0.1, 0.15) is 11.5 Å². The smallest absolute Gasteiger partial charge is 0.319 e. The van der Waals surface area contributed by atoms with Crippen molar-refractivity contribution in [2.75, 3.05) is 43.7 Å². The molecule has 2 aromatic carbocycles. The third-order valence-corrected chi connectivity index (χ3v) is 4.50. The fraction of sp³-hybridized carbons (Fsp3) is 0.227. The number of rotatable bonds is 9. The van der Waals surface area contributed by atoms with Crippen molar-refractivity contribution in [3.05, 3.63) is 48.7 Å². The molecule has 3 rings (SSSR count). The Morgan fingerprint density at radius 1 is 1.06 bits per heavy atom. The molecule has 0 atom stereocenters. The van der Waals surface area contributed by atoms with E-state index in [9.17, 15) is 4.79 Å². The number of aromatic nitrogens is 2. The summed E-state index contributed by atoms with van der Waals surface area (Å²) in [6.07, 6.45) is 2.35. The number of carbonyl (C=O) groups is 1. The van der Waals surface area contributed by atoms with Crippen LogP contribution in [-0.4, -0.2) is 43.3 Å². The van der Waals surface area contributed by atoms with Gasteiger partial charge in [-0.15, -0.1) is 0 Å². The van der Waals surface area contributed by atoms with Crippen LogP contribution in [0.5, 0.6) is 11.5 Å². The third kappa shape index (κ3) is 5.99. The van der Waals surface area contributed by atoms with Gasteiger partial charge in [-0.2, -0.15) is 0 Å².